The Kier molecular flexibility index (Phi) is 4.58. The third-order valence-corrected chi connectivity index (χ3v) is 3.77. The summed E-state index contributed by atoms with van der Waals surface area (Å²) >= 11 is 0. The van der Waals surface area contributed by atoms with Crippen LogP contribution in [0.1, 0.15) is 26.2 Å². The molecule has 2 aliphatic rings. The number of amides is 2. The predicted octanol–water partition coefficient (Wildman–Crippen LogP) is 0.494. The molecule has 1 unspecified atom stereocenters. The molecule has 0 spiro atoms. The van der Waals surface area contributed by atoms with E-state index in [1.54, 1.807) is 0 Å². The number of ether oxygens (including phenoxy) is 1. The van der Waals surface area contributed by atoms with Crippen molar-refractivity contribution >= 4 is 11.8 Å². The highest BCUT2D eigenvalue weighted by atomic mass is 16.5. The van der Waals surface area contributed by atoms with Gasteiger partial charge < -0.3 is 14.5 Å². The fraction of sp³-hybridized carbons (Fsp3) is 0.846. The lowest BCUT2D eigenvalue weighted by atomic mass is 10.0. The summed E-state index contributed by atoms with van der Waals surface area (Å²) in [5.74, 6) is 0.765. The fourth-order valence-corrected chi connectivity index (χ4v) is 2.64. The Labute approximate surface area is 108 Å². The van der Waals surface area contributed by atoms with Crippen molar-refractivity contribution in [3.63, 3.8) is 0 Å². The van der Waals surface area contributed by atoms with E-state index < -0.39 is 0 Å². The SMILES string of the molecule is CCC(=O)N1CCC(CC(=O)N2CCOCC2)C1. The van der Waals surface area contributed by atoms with E-state index in [0.717, 1.165) is 19.5 Å². The topological polar surface area (TPSA) is 49.9 Å². The van der Waals surface area contributed by atoms with Crippen LogP contribution in [0, 0.1) is 5.92 Å². The smallest absolute Gasteiger partial charge is 0.223 e. The number of morpholine rings is 1. The van der Waals surface area contributed by atoms with Crippen LogP contribution in [0.5, 0.6) is 0 Å². The van der Waals surface area contributed by atoms with Gasteiger partial charge in [-0.25, -0.2) is 0 Å². The average molecular weight is 254 g/mol. The normalized spacial score (nSPS) is 24.4. The van der Waals surface area contributed by atoms with Crippen LogP contribution in [-0.4, -0.2) is 61.0 Å². The Morgan fingerprint density at radius 2 is 1.83 bits per heavy atom. The number of rotatable bonds is 3. The van der Waals surface area contributed by atoms with Crippen molar-refractivity contribution in [1.82, 2.24) is 9.80 Å². The molecule has 0 aromatic heterocycles. The summed E-state index contributed by atoms with van der Waals surface area (Å²) in [7, 11) is 0. The lowest BCUT2D eigenvalue weighted by Crippen LogP contribution is -2.41. The van der Waals surface area contributed by atoms with Crippen molar-refractivity contribution in [3.05, 3.63) is 0 Å². The first-order chi connectivity index (χ1) is 8.70. The van der Waals surface area contributed by atoms with Crippen LogP contribution in [0.25, 0.3) is 0 Å². The summed E-state index contributed by atoms with van der Waals surface area (Å²) in [5, 5.41) is 0. The molecule has 0 aromatic carbocycles. The molecule has 2 fully saturated rings. The Hall–Kier alpha value is -1.10. The Balaban J connectivity index is 1.76. The standard InChI is InChI=1S/C13H22N2O3/c1-2-12(16)15-4-3-11(10-15)9-13(17)14-5-7-18-8-6-14/h11H,2-10H2,1H3. The van der Waals surface area contributed by atoms with E-state index in [1.165, 1.54) is 0 Å². The van der Waals surface area contributed by atoms with Crippen LogP contribution in [0.4, 0.5) is 0 Å². The average Bonchev–Trinajstić information content (AvgIpc) is 2.87. The molecule has 102 valence electrons. The number of carbonyl (C=O) groups excluding carboxylic acids is 2. The summed E-state index contributed by atoms with van der Waals surface area (Å²) in [6.45, 7) is 6.17. The van der Waals surface area contributed by atoms with E-state index >= 15 is 0 Å². The lowest BCUT2D eigenvalue weighted by Gasteiger charge is -2.27. The maximum Gasteiger partial charge on any atom is 0.223 e. The maximum absolute atomic E-state index is 12.1. The lowest BCUT2D eigenvalue weighted by molar-refractivity contribution is -0.136. The van der Waals surface area contributed by atoms with Gasteiger partial charge in [-0.2, -0.15) is 0 Å². The highest BCUT2D eigenvalue weighted by Gasteiger charge is 2.28. The van der Waals surface area contributed by atoms with E-state index in [4.69, 9.17) is 4.74 Å². The molecule has 2 heterocycles. The third-order valence-electron chi connectivity index (χ3n) is 3.77. The quantitative estimate of drug-likeness (QED) is 0.736. The second-order valence-electron chi connectivity index (χ2n) is 5.05. The van der Waals surface area contributed by atoms with Gasteiger partial charge in [-0.1, -0.05) is 6.92 Å². The van der Waals surface area contributed by atoms with E-state index in [0.29, 0.717) is 45.1 Å². The summed E-state index contributed by atoms with van der Waals surface area (Å²) < 4.78 is 5.24. The summed E-state index contributed by atoms with van der Waals surface area (Å²) in [6.07, 6.45) is 2.10. The molecular weight excluding hydrogens is 232 g/mol. The Morgan fingerprint density at radius 1 is 1.11 bits per heavy atom. The summed E-state index contributed by atoms with van der Waals surface area (Å²) in [6, 6.07) is 0. The van der Waals surface area contributed by atoms with Crippen LogP contribution >= 0.6 is 0 Å². The van der Waals surface area contributed by atoms with Crippen molar-refractivity contribution in [2.45, 2.75) is 26.2 Å². The van der Waals surface area contributed by atoms with E-state index in [1.807, 2.05) is 16.7 Å². The molecule has 5 nitrogen and oxygen atoms in total. The van der Waals surface area contributed by atoms with Crippen LogP contribution in [0.3, 0.4) is 0 Å². The summed E-state index contributed by atoms with van der Waals surface area (Å²) in [5.41, 5.74) is 0. The van der Waals surface area contributed by atoms with Crippen molar-refractivity contribution < 1.29 is 14.3 Å². The molecule has 0 aliphatic carbocycles. The van der Waals surface area contributed by atoms with Gasteiger partial charge in [0.15, 0.2) is 0 Å². The molecule has 0 bridgehead atoms. The third kappa shape index (κ3) is 3.22. The van der Waals surface area contributed by atoms with Crippen LogP contribution in [0.2, 0.25) is 0 Å². The molecule has 2 rings (SSSR count). The molecule has 1 atom stereocenters. The Morgan fingerprint density at radius 3 is 2.50 bits per heavy atom. The summed E-state index contributed by atoms with van der Waals surface area (Å²) in [4.78, 5) is 27.4. The van der Waals surface area contributed by atoms with Gasteiger partial charge in [0.25, 0.3) is 0 Å². The van der Waals surface area contributed by atoms with Crippen molar-refractivity contribution in [3.8, 4) is 0 Å². The van der Waals surface area contributed by atoms with E-state index in [2.05, 4.69) is 0 Å². The van der Waals surface area contributed by atoms with Gasteiger partial charge in [0.1, 0.15) is 0 Å². The van der Waals surface area contributed by atoms with Gasteiger partial charge in [-0.15, -0.1) is 0 Å². The Bertz CT molecular complexity index is 313. The van der Waals surface area contributed by atoms with Gasteiger partial charge in [0.2, 0.25) is 11.8 Å². The molecule has 0 saturated carbocycles. The van der Waals surface area contributed by atoms with Gasteiger partial charge in [-0.3, -0.25) is 9.59 Å². The second-order valence-corrected chi connectivity index (χ2v) is 5.05. The van der Waals surface area contributed by atoms with Crippen molar-refractivity contribution in [1.29, 1.82) is 0 Å². The molecule has 5 heteroatoms. The fourth-order valence-electron chi connectivity index (χ4n) is 2.64. The monoisotopic (exact) mass is 254 g/mol. The first kappa shape index (κ1) is 13.3. The van der Waals surface area contributed by atoms with E-state index in [9.17, 15) is 9.59 Å². The number of likely N-dealkylation sites (tertiary alicyclic amines) is 1. The van der Waals surface area contributed by atoms with Gasteiger partial charge in [0, 0.05) is 39.0 Å². The minimum atomic E-state index is 0.205. The zero-order valence-corrected chi connectivity index (χ0v) is 11.1. The molecule has 2 amide bonds. The van der Waals surface area contributed by atoms with Crippen molar-refractivity contribution in [2.75, 3.05) is 39.4 Å². The van der Waals surface area contributed by atoms with Crippen LogP contribution < -0.4 is 0 Å². The molecule has 18 heavy (non-hydrogen) atoms. The number of hydrogen-bond acceptors (Lipinski definition) is 3. The predicted molar refractivity (Wildman–Crippen MR) is 67.0 cm³/mol. The zero-order chi connectivity index (χ0) is 13.0. The molecule has 2 aliphatic heterocycles. The maximum atomic E-state index is 12.1. The van der Waals surface area contributed by atoms with Gasteiger partial charge in [-0.05, 0) is 12.3 Å². The number of carbonyl (C=O) groups is 2. The van der Waals surface area contributed by atoms with Crippen molar-refractivity contribution in [2.24, 2.45) is 5.92 Å². The first-order valence-corrected chi connectivity index (χ1v) is 6.84. The first-order valence-electron chi connectivity index (χ1n) is 6.84. The minimum Gasteiger partial charge on any atom is -0.378 e. The molecule has 0 N–H and O–H groups in total. The minimum absolute atomic E-state index is 0.205. The molecular formula is C13H22N2O3. The highest BCUT2D eigenvalue weighted by Crippen LogP contribution is 2.21. The number of nitrogens with zero attached hydrogens (tertiary/aromatic N) is 2. The molecule has 2 saturated heterocycles. The van der Waals surface area contributed by atoms with Crippen LogP contribution in [-0.2, 0) is 14.3 Å². The number of hydrogen-bond donors (Lipinski definition) is 0. The van der Waals surface area contributed by atoms with Gasteiger partial charge in [0.05, 0.1) is 13.2 Å². The second kappa shape index (κ2) is 6.18. The molecule has 0 aromatic rings. The molecule has 0 radical (unpaired) electrons. The van der Waals surface area contributed by atoms with Gasteiger partial charge >= 0.3 is 0 Å². The van der Waals surface area contributed by atoms with Crippen LogP contribution in [0.15, 0.2) is 0 Å². The zero-order valence-electron chi connectivity index (χ0n) is 11.1. The van der Waals surface area contributed by atoms with E-state index in [-0.39, 0.29) is 11.8 Å². The largest absolute Gasteiger partial charge is 0.378 e. The highest BCUT2D eigenvalue weighted by molar-refractivity contribution is 5.78.